The number of amides is 2. The number of rotatable bonds is 4. The van der Waals surface area contributed by atoms with E-state index >= 15 is 0 Å². The maximum absolute atomic E-state index is 12.5. The SMILES string of the molecule is C[C@H]1C[C@@H]1C(=O)N1CC2CC(NC(=O)c3cnn(C(F)F)c3)CC2C1. The van der Waals surface area contributed by atoms with E-state index in [0.29, 0.717) is 28.3 Å². The Balaban J connectivity index is 1.29. The van der Waals surface area contributed by atoms with Gasteiger partial charge in [0.25, 0.3) is 5.91 Å². The van der Waals surface area contributed by atoms with Crippen LogP contribution in [0.15, 0.2) is 12.4 Å². The van der Waals surface area contributed by atoms with Crippen molar-refractivity contribution in [2.75, 3.05) is 13.1 Å². The summed E-state index contributed by atoms with van der Waals surface area (Å²) in [7, 11) is 0. The Bertz CT molecular complexity index is 678. The Labute approximate surface area is 144 Å². The van der Waals surface area contributed by atoms with Crippen LogP contribution in [0, 0.1) is 23.7 Å². The Kier molecular flexibility index (Phi) is 4.00. The second-order valence-corrected chi connectivity index (χ2v) is 7.71. The monoisotopic (exact) mass is 352 g/mol. The van der Waals surface area contributed by atoms with Crippen LogP contribution in [0.2, 0.25) is 0 Å². The standard InChI is InChI=1S/C17H22F2N4O2/c1-9-2-14(9)16(25)22-6-10-3-13(4-11(10)7-22)21-15(24)12-5-20-23(8-12)17(18)19/h5,8-11,13-14,17H,2-4,6-7H2,1H3,(H,21,24)/t9-,10?,11?,13?,14-/m0/s1. The van der Waals surface area contributed by atoms with Gasteiger partial charge in [0.15, 0.2) is 0 Å². The van der Waals surface area contributed by atoms with Crippen LogP contribution in [-0.2, 0) is 4.79 Å². The van der Waals surface area contributed by atoms with Crippen LogP contribution in [0.4, 0.5) is 8.78 Å². The fraction of sp³-hybridized carbons (Fsp3) is 0.706. The number of hydrogen-bond acceptors (Lipinski definition) is 3. The molecule has 2 saturated carbocycles. The maximum Gasteiger partial charge on any atom is 0.333 e. The molecule has 1 aromatic rings. The lowest BCUT2D eigenvalue weighted by molar-refractivity contribution is -0.132. The molecule has 1 aromatic heterocycles. The van der Waals surface area contributed by atoms with E-state index in [0.717, 1.165) is 44.7 Å². The van der Waals surface area contributed by atoms with E-state index in [-0.39, 0.29) is 23.4 Å². The zero-order valence-corrected chi connectivity index (χ0v) is 14.1. The summed E-state index contributed by atoms with van der Waals surface area (Å²) < 4.78 is 25.5. The zero-order chi connectivity index (χ0) is 17.7. The molecule has 0 spiro atoms. The van der Waals surface area contributed by atoms with Crippen LogP contribution in [0.3, 0.4) is 0 Å². The molecule has 3 fully saturated rings. The van der Waals surface area contributed by atoms with E-state index in [9.17, 15) is 18.4 Å². The first-order valence-corrected chi connectivity index (χ1v) is 8.84. The zero-order valence-electron chi connectivity index (χ0n) is 14.1. The topological polar surface area (TPSA) is 67.2 Å². The molecular formula is C17H22F2N4O2. The molecule has 0 radical (unpaired) electrons. The summed E-state index contributed by atoms with van der Waals surface area (Å²) in [6.45, 7) is 0.927. The molecule has 2 unspecified atom stereocenters. The van der Waals surface area contributed by atoms with Crippen molar-refractivity contribution in [2.24, 2.45) is 23.7 Å². The highest BCUT2D eigenvalue weighted by molar-refractivity contribution is 5.93. The molecule has 1 N–H and O–H groups in total. The van der Waals surface area contributed by atoms with Crippen molar-refractivity contribution < 1.29 is 18.4 Å². The molecule has 0 bridgehead atoms. The average Bonchev–Trinajstić information content (AvgIpc) is 2.97. The van der Waals surface area contributed by atoms with E-state index in [1.165, 1.54) is 0 Å². The second-order valence-electron chi connectivity index (χ2n) is 7.71. The van der Waals surface area contributed by atoms with Crippen molar-refractivity contribution in [1.82, 2.24) is 20.0 Å². The predicted molar refractivity (Wildman–Crippen MR) is 84.8 cm³/mol. The fourth-order valence-electron chi connectivity index (χ4n) is 4.33. The number of aromatic nitrogens is 2. The minimum Gasteiger partial charge on any atom is -0.349 e. The molecule has 136 valence electrons. The molecule has 2 aliphatic carbocycles. The van der Waals surface area contributed by atoms with Gasteiger partial charge in [-0.25, -0.2) is 4.68 Å². The molecule has 2 heterocycles. The summed E-state index contributed by atoms with van der Waals surface area (Å²) in [5.74, 6) is 1.52. The van der Waals surface area contributed by atoms with E-state index < -0.39 is 6.55 Å². The third-order valence-corrected chi connectivity index (χ3v) is 5.89. The van der Waals surface area contributed by atoms with E-state index in [2.05, 4.69) is 17.3 Å². The normalized spacial score (nSPS) is 33.6. The molecule has 3 aliphatic rings. The first-order valence-electron chi connectivity index (χ1n) is 8.84. The van der Waals surface area contributed by atoms with E-state index in [1.807, 2.05) is 4.90 Å². The van der Waals surface area contributed by atoms with Gasteiger partial charge in [-0.05, 0) is 37.0 Å². The smallest absolute Gasteiger partial charge is 0.333 e. The number of carbonyl (C=O) groups excluding carboxylic acids is 2. The third-order valence-electron chi connectivity index (χ3n) is 5.89. The molecule has 8 heteroatoms. The first-order chi connectivity index (χ1) is 11.9. The van der Waals surface area contributed by atoms with Crippen molar-refractivity contribution in [3.8, 4) is 0 Å². The van der Waals surface area contributed by atoms with Gasteiger partial charge in [-0.2, -0.15) is 13.9 Å². The summed E-state index contributed by atoms with van der Waals surface area (Å²) in [6.07, 6.45) is 4.91. The van der Waals surface area contributed by atoms with Gasteiger partial charge in [0.05, 0.1) is 11.8 Å². The molecule has 2 amide bonds. The maximum atomic E-state index is 12.5. The van der Waals surface area contributed by atoms with Crippen molar-refractivity contribution >= 4 is 11.8 Å². The summed E-state index contributed by atoms with van der Waals surface area (Å²) in [5.41, 5.74) is 0.150. The lowest BCUT2D eigenvalue weighted by atomic mass is 10.0. The van der Waals surface area contributed by atoms with Crippen molar-refractivity contribution in [3.05, 3.63) is 18.0 Å². The highest BCUT2D eigenvalue weighted by atomic mass is 19.3. The fourth-order valence-corrected chi connectivity index (χ4v) is 4.33. The molecular weight excluding hydrogens is 330 g/mol. The molecule has 1 aliphatic heterocycles. The number of nitrogens with zero attached hydrogens (tertiary/aromatic N) is 3. The number of fused-ring (bicyclic) bond motifs is 1. The largest absolute Gasteiger partial charge is 0.349 e. The highest BCUT2D eigenvalue weighted by Gasteiger charge is 2.47. The van der Waals surface area contributed by atoms with Gasteiger partial charge in [0, 0.05) is 31.2 Å². The van der Waals surface area contributed by atoms with Crippen LogP contribution < -0.4 is 5.32 Å². The van der Waals surface area contributed by atoms with Gasteiger partial charge in [0.2, 0.25) is 5.91 Å². The molecule has 25 heavy (non-hydrogen) atoms. The van der Waals surface area contributed by atoms with E-state index in [1.54, 1.807) is 0 Å². The first kappa shape index (κ1) is 16.5. The van der Waals surface area contributed by atoms with Gasteiger partial charge in [-0.1, -0.05) is 6.92 Å². The number of nitrogens with one attached hydrogen (secondary N) is 1. The van der Waals surface area contributed by atoms with Crippen LogP contribution in [-0.4, -0.2) is 45.6 Å². The van der Waals surface area contributed by atoms with Gasteiger partial charge < -0.3 is 10.2 Å². The van der Waals surface area contributed by atoms with Gasteiger partial charge in [0.1, 0.15) is 0 Å². The number of halogens is 2. The summed E-state index contributed by atoms with van der Waals surface area (Å²) >= 11 is 0. The van der Waals surface area contributed by atoms with Crippen LogP contribution >= 0.6 is 0 Å². The van der Waals surface area contributed by atoms with Crippen LogP contribution in [0.1, 0.15) is 43.1 Å². The summed E-state index contributed by atoms with van der Waals surface area (Å²) in [6, 6.07) is 0.0366. The highest BCUT2D eigenvalue weighted by Crippen LogP contribution is 2.43. The summed E-state index contributed by atoms with van der Waals surface area (Å²) in [5, 5.41) is 6.41. The van der Waals surface area contributed by atoms with E-state index in [4.69, 9.17) is 0 Å². The number of hydrogen-bond donors (Lipinski definition) is 1. The minimum atomic E-state index is -2.75. The predicted octanol–water partition coefficient (Wildman–Crippen LogP) is 1.90. The van der Waals surface area contributed by atoms with Crippen molar-refractivity contribution in [2.45, 2.75) is 38.8 Å². The van der Waals surface area contributed by atoms with Gasteiger partial charge in [-0.3, -0.25) is 9.59 Å². The Morgan fingerprint density at radius 3 is 2.40 bits per heavy atom. The lowest BCUT2D eigenvalue weighted by Gasteiger charge is -2.20. The van der Waals surface area contributed by atoms with Crippen molar-refractivity contribution in [3.63, 3.8) is 0 Å². The van der Waals surface area contributed by atoms with Gasteiger partial charge >= 0.3 is 6.55 Å². The third kappa shape index (κ3) is 3.14. The molecule has 0 aromatic carbocycles. The number of likely N-dealkylation sites (tertiary alicyclic amines) is 1. The number of carbonyl (C=O) groups is 2. The second kappa shape index (κ2) is 6.07. The Morgan fingerprint density at radius 2 is 1.88 bits per heavy atom. The van der Waals surface area contributed by atoms with Crippen LogP contribution in [0.25, 0.3) is 0 Å². The summed E-state index contributed by atoms with van der Waals surface area (Å²) in [4.78, 5) is 26.5. The van der Waals surface area contributed by atoms with Crippen molar-refractivity contribution in [1.29, 1.82) is 0 Å². The van der Waals surface area contributed by atoms with Gasteiger partial charge in [-0.15, -0.1) is 0 Å². The average molecular weight is 352 g/mol. The number of alkyl halides is 2. The molecule has 4 atom stereocenters. The lowest BCUT2D eigenvalue weighted by Crippen LogP contribution is -2.36. The Hall–Kier alpha value is -1.99. The molecule has 1 saturated heterocycles. The Morgan fingerprint density at radius 1 is 1.24 bits per heavy atom. The van der Waals surface area contributed by atoms with Crippen LogP contribution in [0.5, 0.6) is 0 Å². The quantitative estimate of drug-likeness (QED) is 0.900. The minimum absolute atomic E-state index is 0.0366. The molecule has 6 nitrogen and oxygen atoms in total. The molecule has 4 rings (SSSR count).